The standard InChI is InChI=1S/C32H52N2/c1-3-5-7-9-17-23-27-29(25-19-13-11-14-20-25)28(24-18-10-8-6-4-2)32(34)30(31(27)33)26-21-15-12-16-22-26/h17-18,23-26H,3-16,19-22,33-34H2,1-2H3. The number of benzene rings is 1. The molecule has 2 aliphatic carbocycles. The summed E-state index contributed by atoms with van der Waals surface area (Å²) in [5.41, 5.74) is 21.5. The molecule has 0 atom stereocenters. The molecule has 2 saturated carbocycles. The molecule has 0 unspecified atom stereocenters. The molecule has 2 fully saturated rings. The van der Waals surface area contributed by atoms with E-state index in [1.54, 1.807) is 0 Å². The molecule has 1 aromatic rings. The van der Waals surface area contributed by atoms with Gasteiger partial charge in [-0.25, -0.2) is 0 Å². The quantitative estimate of drug-likeness (QED) is 0.239. The van der Waals surface area contributed by atoms with Crippen LogP contribution in [0.25, 0.3) is 12.2 Å². The van der Waals surface area contributed by atoms with E-state index in [4.69, 9.17) is 11.5 Å². The number of unbranched alkanes of at least 4 members (excludes halogenated alkanes) is 6. The lowest BCUT2D eigenvalue weighted by Gasteiger charge is -2.32. The van der Waals surface area contributed by atoms with Crippen LogP contribution < -0.4 is 11.5 Å². The molecule has 0 amide bonds. The first-order valence-corrected chi connectivity index (χ1v) is 14.8. The van der Waals surface area contributed by atoms with Crippen molar-refractivity contribution in [1.82, 2.24) is 0 Å². The van der Waals surface area contributed by atoms with E-state index in [0.717, 1.165) is 24.2 Å². The van der Waals surface area contributed by atoms with E-state index < -0.39 is 0 Å². The van der Waals surface area contributed by atoms with Crippen molar-refractivity contribution in [3.05, 3.63) is 34.4 Å². The molecule has 0 aromatic heterocycles. The largest absolute Gasteiger partial charge is 0.398 e. The van der Waals surface area contributed by atoms with Crippen LogP contribution in [0.5, 0.6) is 0 Å². The molecule has 34 heavy (non-hydrogen) atoms. The molecule has 0 heterocycles. The number of nitrogen functional groups attached to an aromatic ring is 2. The van der Waals surface area contributed by atoms with Crippen molar-refractivity contribution in [3.8, 4) is 0 Å². The molecule has 0 radical (unpaired) electrons. The Hall–Kier alpha value is -1.70. The topological polar surface area (TPSA) is 52.0 Å². The normalized spacial score (nSPS) is 18.4. The molecule has 1 aromatic carbocycles. The Labute approximate surface area is 210 Å². The third kappa shape index (κ3) is 7.15. The van der Waals surface area contributed by atoms with Crippen LogP contribution in [0.15, 0.2) is 12.2 Å². The lowest BCUT2D eigenvalue weighted by Crippen LogP contribution is -2.17. The first kappa shape index (κ1) is 26.9. The summed E-state index contributed by atoms with van der Waals surface area (Å²) in [5, 5.41) is 0. The highest BCUT2D eigenvalue weighted by Gasteiger charge is 2.29. The van der Waals surface area contributed by atoms with Crippen LogP contribution in [0.3, 0.4) is 0 Å². The fourth-order valence-corrected chi connectivity index (χ4v) is 6.32. The molecule has 4 N–H and O–H groups in total. The third-order valence-corrected chi connectivity index (χ3v) is 8.29. The maximum absolute atomic E-state index is 7.07. The van der Waals surface area contributed by atoms with Crippen LogP contribution in [0.2, 0.25) is 0 Å². The highest BCUT2D eigenvalue weighted by atomic mass is 14.7. The number of anilines is 2. The fraction of sp³-hybridized carbons (Fsp3) is 0.688. The van der Waals surface area contributed by atoms with E-state index >= 15 is 0 Å². The van der Waals surface area contributed by atoms with E-state index in [2.05, 4.69) is 38.2 Å². The molecule has 2 heteroatoms. The maximum Gasteiger partial charge on any atom is 0.0447 e. The molecule has 0 bridgehead atoms. The number of hydrogen-bond donors (Lipinski definition) is 2. The summed E-state index contributed by atoms with van der Waals surface area (Å²) >= 11 is 0. The van der Waals surface area contributed by atoms with Crippen LogP contribution in [0.4, 0.5) is 11.4 Å². The first-order chi connectivity index (χ1) is 16.7. The van der Waals surface area contributed by atoms with Crippen molar-refractivity contribution in [1.29, 1.82) is 0 Å². The van der Waals surface area contributed by atoms with Gasteiger partial charge in [0.15, 0.2) is 0 Å². The summed E-state index contributed by atoms with van der Waals surface area (Å²) in [6.45, 7) is 4.55. The van der Waals surface area contributed by atoms with Crippen LogP contribution >= 0.6 is 0 Å². The average molecular weight is 465 g/mol. The van der Waals surface area contributed by atoms with E-state index in [9.17, 15) is 0 Å². The zero-order chi connectivity index (χ0) is 24.2. The number of nitrogens with two attached hydrogens (primary N) is 2. The van der Waals surface area contributed by atoms with Crippen molar-refractivity contribution < 1.29 is 0 Å². The second-order valence-electron chi connectivity index (χ2n) is 10.9. The van der Waals surface area contributed by atoms with Gasteiger partial charge in [-0.2, -0.15) is 0 Å². The SMILES string of the molecule is CCCCCC=Cc1c(N)c(C2CCCCC2)c(N)c(C=CCCCCC)c1C1CCCCC1. The minimum atomic E-state index is 0.522. The van der Waals surface area contributed by atoms with Gasteiger partial charge in [-0.1, -0.05) is 102 Å². The van der Waals surface area contributed by atoms with Crippen molar-refractivity contribution in [2.24, 2.45) is 0 Å². The Morgan fingerprint density at radius 2 is 1.00 bits per heavy atom. The minimum absolute atomic E-state index is 0.522. The maximum atomic E-state index is 7.07. The van der Waals surface area contributed by atoms with E-state index in [1.807, 2.05) is 0 Å². The van der Waals surface area contributed by atoms with Crippen molar-refractivity contribution in [2.45, 2.75) is 141 Å². The van der Waals surface area contributed by atoms with E-state index in [0.29, 0.717) is 11.8 Å². The summed E-state index contributed by atoms with van der Waals surface area (Å²) in [6, 6.07) is 0. The average Bonchev–Trinajstić information content (AvgIpc) is 2.87. The summed E-state index contributed by atoms with van der Waals surface area (Å²) in [7, 11) is 0. The van der Waals surface area contributed by atoms with Gasteiger partial charge in [-0.05, 0) is 68.8 Å². The molecule has 0 aliphatic heterocycles. The monoisotopic (exact) mass is 464 g/mol. The lowest BCUT2D eigenvalue weighted by molar-refractivity contribution is 0.440. The molecular weight excluding hydrogens is 412 g/mol. The van der Waals surface area contributed by atoms with E-state index in [-0.39, 0.29) is 0 Å². The molecule has 190 valence electrons. The molecule has 2 aliphatic rings. The van der Waals surface area contributed by atoms with Gasteiger partial charge in [-0.15, -0.1) is 0 Å². The lowest BCUT2D eigenvalue weighted by atomic mass is 9.74. The highest BCUT2D eigenvalue weighted by Crippen LogP contribution is 2.48. The number of allylic oxidation sites excluding steroid dienone is 2. The minimum Gasteiger partial charge on any atom is -0.398 e. The summed E-state index contributed by atoms with van der Waals surface area (Å²) in [4.78, 5) is 0. The third-order valence-electron chi connectivity index (χ3n) is 8.29. The van der Waals surface area contributed by atoms with Crippen molar-refractivity contribution in [2.75, 3.05) is 11.5 Å². The fourth-order valence-electron chi connectivity index (χ4n) is 6.32. The predicted molar refractivity (Wildman–Crippen MR) is 153 cm³/mol. The first-order valence-electron chi connectivity index (χ1n) is 14.8. The van der Waals surface area contributed by atoms with Gasteiger partial charge < -0.3 is 11.5 Å². The Bertz CT molecular complexity index is 745. The van der Waals surface area contributed by atoms with Gasteiger partial charge in [0.05, 0.1) is 0 Å². The van der Waals surface area contributed by atoms with Crippen LogP contribution in [0, 0.1) is 0 Å². The van der Waals surface area contributed by atoms with Gasteiger partial charge in [-0.3, -0.25) is 0 Å². The molecular formula is C32H52N2. The van der Waals surface area contributed by atoms with Crippen LogP contribution in [-0.4, -0.2) is 0 Å². The second kappa shape index (κ2) is 14.6. The van der Waals surface area contributed by atoms with Gasteiger partial charge >= 0.3 is 0 Å². The molecule has 0 spiro atoms. The predicted octanol–water partition coefficient (Wildman–Crippen LogP) is 10.1. The number of rotatable bonds is 12. The Balaban J connectivity index is 2.08. The van der Waals surface area contributed by atoms with Crippen molar-refractivity contribution in [3.63, 3.8) is 0 Å². The van der Waals surface area contributed by atoms with Crippen LogP contribution in [0.1, 0.15) is 164 Å². The zero-order valence-corrected chi connectivity index (χ0v) is 22.3. The molecule has 0 saturated heterocycles. The summed E-state index contributed by atoms with van der Waals surface area (Å²) in [6.07, 6.45) is 32.5. The molecule has 2 nitrogen and oxygen atoms in total. The summed E-state index contributed by atoms with van der Waals surface area (Å²) < 4.78 is 0. The number of hydrogen-bond acceptors (Lipinski definition) is 2. The van der Waals surface area contributed by atoms with Gasteiger partial charge in [0.2, 0.25) is 0 Å². The Kier molecular flexibility index (Phi) is 11.6. The zero-order valence-electron chi connectivity index (χ0n) is 22.3. The van der Waals surface area contributed by atoms with Gasteiger partial charge in [0.1, 0.15) is 0 Å². The van der Waals surface area contributed by atoms with E-state index in [1.165, 1.54) is 125 Å². The smallest absolute Gasteiger partial charge is 0.0447 e. The molecule has 3 rings (SSSR count). The summed E-state index contributed by atoms with van der Waals surface area (Å²) in [5.74, 6) is 1.11. The Morgan fingerprint density at radius 1 is 0.588 bits per heavy atom. The van der Waals surface area contributed by atoms with Gasteiger partial charge in [0, 0.05) is 28.1 Å². The van der Waals surface area contributed by atoms with Crippen LogP contribution in [-0.2, 0) is 0 Å². The highest BCUT2D eigenvalue weighted by molar-refractivity contribution is 5.85. The van der Waals surface area contributed by atoms with Gasteiger partial charge in [0.25, 0.3) is 0 Å². The van der Waals surface area contributed by atoms with Crippen molar-refractivity contribution >= 4 is 23.5 Å². The second-order valence-corrected chi connectivity index (χ2v) is 10.9. The Morgan fingerprint density at radius 3 is 1.41 bits per heavy atom.